The molecule has 5 nitrogen and oxygen atoms in total. The van der Waals surface area contributed by atoms with Gasteiger partial charge in [0.2, 0.25) is 5.82 Å². The van der Waals surface area contributed by atoms with E-state index >= 15 is 0 Å². The smallest absolute Gasteiger partial charge is 0.319 e. The summed E-state index contributed by atoms with van der Waals surface area (Å²) >= 11 is 0. The SMILES string of the molecule is O=[N+]([O-])c1c(-c2cc(F)ccc2F)ccnc1N1CCC(F)(F)C1. The molecule has 9 heteroatoms. The summed E-state index contributed by atoms with van der Waals surface area (Å²) < 4.78 is 54.2. The molecule has 1 aliphatic rings. The van der Waals surface area contributed by atoms with Crippen LogP contribution in [0.15, 0.2) is 30.5 Å². The molecule has 3 rings (SSSR count). The predicted molar refractivity (Wildman–Crippen MR) is 78.0 cm³/mol. The molecule has 0 aliphatic carbocycles. The molecular formula is C15H11F4N3O2. The van der Waals surface area contributed by atoms with E-state index in [0.29, 0.717) is 0 Å². The summed E-state index contributed by atoms with van der Waals surface area (Å²) in [6.07, 6.45) is 0.697. The molecule has 24 heavy (non-hydrogen) atoms. The number of benzene rings is 1. The van der Waals surface area contributed by atoms with Gasteiger partial charge in [0, 0.05) is 24.7 Å². The number of nitro groups is 1. The van der Waals surface area contributed by atoms with Crippen molar-refractivity contribution < 1.29 is 22.5 Å². The Hall–Kier alpha value is -2.71. The summed E-state index contributed by atoms with van der Waals surface area (Å²) in [6.45, 7) is -0.828. The highest BCUT2D eigenvalue weighted by molar-refractivity contribution is 5.81. The van der Waals surface area contributed by atoms with E-state index in [4.69, 9.17) is 0 Å². The van der Waals surface area contributed by atoms with E-state index in [0.717, 1.165) is 35.4 Å². The van der Waals surface area contributed by atoms with Crippen molar-refractivity contribution in [3.63, 3.8) is 0 Å². The van der Waals surface area contributed by atoms with Crippen LogP contribution in [0.5, 0.6) is 0 Å². The van der Waals surface area contributed by atoms with Gasteiger partial charge in [-0.1, -0.05) is 0 Å². The normalized spacial score (nSPS) is 16.4. The second-order valence-corrected chi connectivity index (χ2v) is 5.44. The van der Waals surface area contributed by atoms with Crippen molar-refractivity contribution in [2.75, 3.05) is 18.0 Å². The number of hydrogen-bond donors (Lipinski definition) is 0. The molecule has 1 saturated heterocycles. The third kappa shape index (κ3) is 2.89. The van der Waals surface area contributed by atoms with Crippen molar-refractivity contribution in [1.82, 2.24) is 4.98 Å². The predicted octanol–water partition coefficient (Wildman–Crippen LogP) is 3.78. The number of pyridine rings is 1. The Kier molecular flexibility index (Phi) is 3.86. The number of nitrogens with zero attached hydrogens (tertiary/aromatic N) is 3. The molecule has 0 N–H and O–H groups in total. The molecule has 0 bridgehead atoms. The Balaban J connectivity index is 2.16. The van der Waals surface area contributed by atoms with Crippen molar-refractivity contribution in [2.45, 2.75) is 12.3 Å². The zero-order valence-corrected chi connectivity index (χ0v) is 12.2. The third-order valence-electron chi connectivity index (χ3n) is 3.78. The van der Waals surface area contributed by atoms with Gasteiger partial charge in [-0.15, -0.1) is 0 Å². The highest BCUT2D eigenvalue weighted by Crippen LogP contribution is 2.40. The van der Waals surface area contributed by atoms with Crippen LogP contribution in [0.2, 0.25) is 0 Å². The van der Waals surface area contributed by atoms with Gasteiger partial charge in [0.05, 0.1) is 17.0 Å². The third-order valence-corrected chi connectivity index (χ3v) is 3.78. The minimum Gasteiger partial charge on any atom is -0.345 e. The molecule has 1 fully saturated rings. The van der Waals surface area contributed by atoms with Crippen LogP contribution >= 0.6 is 0 Å². The number of halogens is 4. The van der Waals surface area contributed by atoms with E-state index < -0.39 is 41.1 Å². The van der Waals surface area contributed by atoms with Crippen LogP contribution in [0.1, 0.15) is 6.42 Å². The molecule has 0 radical (unpaired) electrons. The molecule has 1 aromatic carbocycles. The first-order valence-electron chi connectivity index (χ1n) is 7.00. The summed E-state index contributed by atoms with van der Waals surface area (Å²) in [7, 11) is 0. The zero-order chi connectivity index (χ0) is 17.5. The van der Waals surface area contributed by atoms with Crippen LogP contribution in [0.4, 0.5) is 29.1 Å². The number of alkyl halides is 2. The molecule has 0 unspecified atom stereocenters. The van der Waals surface area contributed by atoms with Gasteiger partial charge in [0.25, 0.3) is 5.92 Å². The molecule has 2 heterocycles. The van der Waals surface area contributed by atoms with Gasteiger partial charge in [-0.2, -0.15) is 0 Å². The quantitative estimate of drug-likeness (QED) is 0.484. The van der Waals surface area contributed by atoms with Crippen LogP contribution in [-0.4, -0.2) is 28.9 Å². The molecule has 0 amide bonds. The van der Waals surface area contributed by atoms with Gasteiger partial charge in [-0.3, -0.25) is 10.1 Å². The number of anilines is 1. The standard InChI is InChI=1S/C15H11F4N3O2/c16-9-1-2-12(17)11(7-9)10-3-5-20-14(13(10)22(23)24)21-6-4-15(18,19)8-21/h1-3,5,7H,4,6,8H2. The van der Waals surface area contributed by atoms with E-state index in [1.807, 2.05) is 0 Å². The molecule has 2 aromatic rings. The van der Waals surface area contributed by atoms with E-state index in [-0.39, 0.29) is 23.5 Å². The average molecular weight is 341 g/mol. The first-order valence-corrected chi connectivity index (χ1v) is 7.00. The minimum absolute atomic E-state index is 0.115. The maximum absolute atomic E-state index is 14.0. The van der Waals surface area contributed by atoms with Crippen LogP contribution in [0.25, 0.3) is 11.1 Å². The topological polar surface area (TPSA) is 59.3 Å². The average Bonchev–Trinajstić information content (AvgIpc) is 2.89. The summed E-state index contributed by atoms with van der Waals surface area (Å²) in [4.78, 5) is 15.5. The molecule has 126 valence electrons. The lowest BCUT2D eigenvalue weighted by atomic mass is 10.0. The minimum atomic E-state index is -2.98. The summed E-state index contributed by atoms with van der Waals surface area (Å²) in [5, 5.41) is 11.5. The lowest BCUT2D eigenvalue weighted by Gasteiger charge is -2.18. The van der Waals surface area contributed by atoms with Crippen molar-refractivity contribution >= 4 is 11.5 Å². The highest BCUT2D eigenvalue weighted by Gasteiger charge is 2.41. The van der Waals surface area contributed by atoms with Gasteiger partial charge >= 0.3 is 5.69 Å². The first-order chi connectivity index (χ1) is 11.3. The second kappa shape index (κ2) is 5.73. The lowest BCUT2D eigenvalue weighted by molar-refractivity contribution is -0.383. The van der Waals surface area contributed by atoms with Crippen molar-refractivity contribution in [3.8, 4) is 11.1 Å². The summed E-state index contributed by atoms with van der Waals surface area (Å²) in [5.41, 5.74) is -1.16. The fourth-order valence-electron chi connectivity index (χ4n) is 2.69. The molecular weight excluding hydrogens is 330 g/mol. The van der Waals surface area contributed by atoms with Crippen LogP contribution in [0, 0.1) is 21.7 Å². The van der Waals surface area contributed by atoms with E-state index in [9.17, 15) is 27.7 Å². The fourth-order valence-corrected chi connectivity index (χ4v) is 2.69. The Morgan fingerprint density at radius 1 is 1.21 bits per heavy atom. The second-order valence-electron chi connectivity index (χ2n) is 5.44. The highest BCUT2D eigenvalue weighted by atomic mass is 19.3. The Morgan fingerprint density at radius 3 is 2.58 bits per heavy atom. The largest absolute Gasteiger partial charge is 0.345 e. The van der Waals surface area contributed by atoms with Crippen molar-refractivity contribution in [2.24, 2.45) is 0 Å². The Labute approximate surface area is 133 Å². The fraction of sp³-hybridized carbons (Fsp3) is 0.267. The Morgan fingerprint density at radius 2 is 1.96 bits per heavy atom. The van der Waals surface area contributed by atoms with E-state index in [2.05, 4.69) is 4.98 Å². The number of rotatable bonds is 3. The van der Waals surface area contributed by atoms with E-state index in [1.54, 1.807) is 0 Å². The molecule has 1 aromatic heterocycles. The van der Waals surface area contributed by atoms with Gasteiger partial charge < -0.3 is 4.90 Å². The first kappa shape index (κ1) is 16.2. The van der Waals surface area contributed by atoms with E-state index in [1.165, 1.54) is 0 Å². The monoisotopic (exact) mass is 341 g/mol. The van der Waals surface area contributed by atoms with Gasteiger partial charge in [0.1, 0.15) is 11.6 Å². The summed E-state index contributed by atoms with van der Waals surface area (Å²) in [6, 6.07) is 3.71. The molecule has 0 atom stereocenters. The van der Waals surface area contributed by atoms with Gasteiger partial charge in [-0.25, -0.2) is 22.5 Å². The number of aromatic nitrogens is 1. The maximum Gasteiger partial charge on any atom is 0.319 e. The zero-order valence-electron chi connectivity index (χ0n) is 12.2. The van der Waals surface area contributed by atoms with Crippen LogP contribution in [0.3, 0.4) is 0 Å². The van der Waals surface area contributed by atoms with Crippen LogP contribution in [-0.2, 0) is 0 Å². The molecule has 1 aliphatic heterocycles. The molecule has 0 saturated carbocycles. The molecule has 0 spiro atoms. The van der Waals surface area contributed by atoms with Crippen LogP contribution < -0.4 is 4.90 Å². The lowest BCUT2D eigenvalue weighted by Crippen LogP contribution is -2.26. The Bertz CT molecular complexity index is 813. The van der Waals surface area contributed by atoms with Crippen molar-refractivity contribution in [3.05, 3.63) is 52.2 Å². The maximum atomic E-state index is 14.0. The van der Waals surface area contributed by atoms with Crippen molar-refractivity contribution in [1.29, 1.82) is 0 Å². The van der Waals surface area contributed by atoms with Gasteiger partial charge in [0.15, 0.2) is 0 Å². The van der Waals surface area contributed by atoms with Gasteiger partial charge in [-0.05, 0) is 24.3 Å². The number of hydrogen-bond acceptors (Lipinski definition) is 4. The summed E-state index contributed by atoms with van der Waals surface area (Å²) in [5.74, 6) is -4.89.